The summed E-state index contributed by atoms with van der Waals surface area (Å²) in [5.74, 6) is 0. The normalized spacial score (nSPS) is 18.3. The van der Waals surface area contributed by atoms with E-state index in [0.29, 0.717) is 6.61 Å². The minimum atomic E-state index is -0.523. The van der Waals surface area contributed by atoms with Gasteiger partial charge < -0.3 is 9.84 Å². The van der Waals surface area contributed by atoms with Crippen LogP contribution >= 0.6 is 15.9 Å². The van der Waals surface area contributed by atoms with Crippen LogP contribution in [0.15, 0.2) is 121 Å². The third-order valence-electron chi connectivity index (χ3n) is 7.62. The number of benzene rings is 4. The molecule has 1 saturated heterocycles. The van der Waals surface area contributed by atoms with Crippen LogP contribution in [0.2, 0.25) is 0 Å². The van der Waals surface area contributed by atoms with E-state index in [9.17, 15) is 5.11 Å². The molecule has 0 saturated carbocycles. The molecule has 1 heterocycles. The molecule has 2 atom stereocenters. The topological polar surface area (TPSA) is 29.5 Å². The quantitative estimate of drug-likeness (QED) is 0.253. The Morgan fingerprint density at radius 1 is 0.743 bits per heavy atom. The van der Waals surface area contributed by atoms with Gasteiger partial charge in [0.25, 0.3) is 0 Å². The van der Waals surface area contributed by atoms with Crippen LogP contribution in [-0.2, 0) is 15.6 Å². The van der Waals surface area contributed by atoms with Gasteiger partial charge >= 0.3 is 0 Å². The first-order valence-corrected chi connectivity index (χ1v) is 13.2. The van der Waals surface area contributed by atoms with Gasteiger partial charge in [0.05, 0.1) is 19.3 Å². The maximum atomic E-state index is 10.9. The Bertz CT molecular complexity index is 1120. The van der Waals surface area contributed by atoms with Gasteiger partial charge in [0.1, 0.15) is 0 Å². The highest BCUT2D eigenvalue weighted by Crippen LogP contribution is 2.47. The lowest BCUT2D eigenvalue weighted by molar-refractivity contribution is 0.0949. The van der Waals surface area contributed by atoms with E-state index in [0.717, 1.165) is 24.0 Å². The predicted molar refractivity (Wildman–Crippen MR) is 146 cm³/mol. The summed E-state index contributed by atoms with van der Waals surface area (Å²) < 4.78 is 6.57. The van der Waals surface area contributed by atoms with Crippen LogP contribution in [-0.4, -0.2) is 29.3 Å². The fraction of sp³-hybridized carbons (Fsp3) is 0.250. The molecule has 0 bridgehead atoms. The summed E-state index contributed by atoms with van der Waals surface area (Å²) in [7, 11) is 0. The number of hydrogen-bond donors (Lipinski definition) is 1. The second-order valence-corrected chi connectivity index (χ2v) is 10.7. The minimum absolute atomic E-state index is 0.00811. The maximum absolute atomic E-state index is 10.9. The molecule has 0 spiro atoms. The fourth-order valence-electron chi connectivity index (χ4n) is 5.65. The zero-order chi connectivity index (χ0) is 24.1. The smallest absolute Gasteiger partial charge is 0.0713 e. The second-order valence-electron chi connectivity index (χ2n) is 9.56. The molecule has 4 aromatic rings. The van der Waals surface area contributed by atoms with E-state index in [4.69, 9.17) is 4.74 Å². The zero-order valence-electron chi connectivity index (χ0n) is 19.8. The summed E-state index contributed by atoms with van der Waals surface area (Å²) in [6, 6.07) is 42.2. The summed E-state index contributed by atoms with van der Waals surface area (Å²) >= 11 is 4.04. The number of rotatable bonds is 8. The van der Waals surface area contributed by atoms with E-state index in [-0.39, 0.29) is 23.0 Å². The van der Waals surface area contributed by atoms with Gasteiger partial charge in [-0.2, -0.15) is 0 Å². The highest BCUT2D eigenvalue weighted by atomic mass is 79.9. The van der Waals surface area contributed by atoms with E-state index < -0.39 is 5.41 Å². The van der Waals surface area contributed by atoms with Crippen LogP contribution < -0.4 is 0 Å². The second kappa shape index (κ2) is 10.5. The standard InChI is InChI=1S/C32H31BrO2/c33-29(21-31(23-34,25-13-5-1-6-14-25)26-15-7-2-8-16-26)30-22-32(24-35-30,27-17-9-3-10-18-27)28-19-11-4-12-20-28/h1-20,29-30,34H,21-24H2/t29-,30-/m0/s1. The molecule has 1 aliphatic heterocycles. The van der Waals surface area contributed by atoms with Gasteiger partial charge in [-0.15, -0.1) is 0 Å². The number of alkyl halides is 1. The molecule has 35 heavy (non-hydrogen) atoms. The summed E-state index contributed by atoms with van der Waals surface area (Å²) in [5, 5.41) is 10.9. The van der Waals surface area contributed by atoms with E-state index in [2.05, 4.69) is 101 Å². The van der Waals surface area contributed by atoms with Crippen molar-refractivity contribution in [2.75, 3.05) is 13.2 Å². The van der Waals surface area contributed by atoms with E-state index >= 15 is 0 Å². The van der Waals surface area contributed by atoms with Gasteiger partial charge in [-0.25, -0.2) is 0 Å². The number of ether oxygens (including phenoxy) is 1. The molecule has 0 amide bonds. The van der Waals surface area contributed by atoms with Crippen molar-refractivity contribution in [2.24, 2.45) is 0 Å². The summed E-state index contributed by atoms with van der Waals surface area (Å²) in [6.07, 6.45) is 1.61. The first kappa shape index (κ1) is 24.0. The van der Waals surface area contributed by atoms with Crippen molar-refractivity contribution in [1.82, 2.24) is 0 Å². The number of hydrogen-bond acceptors (Lipinski definition) is 2. The van der Waals surface area contributed by atoms with E-state index in [1.54, 1.807) is 0 Å². The minimum Gasteiger partial charge on any atom is -0.395 e. The Balaban J connectivity index is 1.49. The van der Waals surface area contributed by atoms with Crippen LogP contribution in [0.3, 0.4) is 0 Å². The average molecular weight is 528 g/mol. The average Bonchev–Trinajstić information content (AvgIpc) is 3.41. The highest BCUT2D eigenvalue weighted by molar-refractivity contribution is 9.09. The molecule has 0 radical (unpaired) electrons. The van der Waals surface area contributed by atoms with E-state index in [1.165, 1.54) is 11.1 Å². The number of aliphatic hydroxyl groups is 1. The summed E-state index contributed by atoms with van der Waals surface area (Å²) in [6.45, 7) is 0.662. The fourth-order valence-corrected chi connectivity index (χ4v) is 6.55. The monoisotopic (exact) mass is 526 g/mol. The first-order valence-electron chi connectivity index (χ1n) is 12.3. The predicted octanol–water partition coefficient (Wildman–Crippen LogP) is 6.89. The number of aliphatic hydroxyl groups excluding tert-OH is 1. The van der Waals surface area contributed by atoms with Gasteiger partial charge in [0.15, 0.2) is 0 Å². The van der Waals surface area contributed by atoms with Crippen molar-refractivity contribution >= 4 is 15.9 Å². The van der Waals surface area contributed by atoms with Crippen LogP contribution in [0.5, 0.6) is 0 Å². The molecule has 0 unspecified atom stereocenters. The van der Waals surface area contributed by atoms with Crippen LogP contribution in [0.1, 0.15) is 35.1 Å². The largest absolute Gasteiger partial charge is 0.395 e. The third kappa shape index (κ3) is 4.61. The lowest BCUT2D eigenvalue weighted by atomic mass is 9.69. The number of halogens is 1. The van der Waals surface area contributed by atoms with Crippen LogP contribution in [0, 0.1) is 0 Å². The zero-order valence-corrected chi connectivity index (χ0v) is 21.3. The van der Waals surface area contributed by atoms with Crippen molar-refractivity contribution < 1.29 is 9.84 Å². The van der Waals surface area contributed by atoms with Crippen molar-refractivity contribution in [3.63, 3.8) is 0 Å². The molecule has 3 heteroatoms. The van der Waals surface area contributed by atoms with Gasteiger partial charge in [-0.1, -0.05) is 137 Å². The molecule has 178 valence electrons. The van der Waals surface area contributed by atoms with Crippen molar-refractivity contribution in [1.29, 1.82) is 0 Å². The van der Waals surface area contributed by atoms with Crippen LogP contribution in [0.4, 0.5) is 0 Å². The molecule has 1 aliphatic rings. The Morgan fingerprint density at radius 2 is 1.17 bits per heavy atom. The molecular weight excluding hydrogens is 496 g/mol. The molecule has 5 rings (SSSR count). The summed E-state index contributed by atoms with van der Waals surface area (Å²) in [5.41, 5.74) is 4.09. The van der Waals surface area contributed by atoms with Crippen LogP contribution in [0.25, 0.3) is 0 Å². The highest BCUT2D eigenvalue weighted by Gasteiger charge is 2.47. The molecule has 0 aromatic heterocycles. The molecule has 2 nitrogen and oxygen atoms in total. The Hall–Kier alpha value is -2.72. The van der Waals surface area contributed by atoms with Crippen molar-refractivity contribution in [3.8, 4) is 0 Å². The van der Waals surface area contributed by atoms with E-state index in [1.807, 2.05) is 36.4 Å². The van der Waals surface area contributed by atoms with Crippen molar-refractivity contribution in [2.45, 2.75) is 34.6 Å². The lowest BCUT2D eigenvalue weighted by Gasteiger charge is -2.36. The first-order chi connectivity index (χ1) is 17.2. The molecule has 1 fully saturated rings. The third-order valence-corrected chi connectivity index (χ3v) is 8.53. The molecule has 1 N–H and O–H groups in total. The van der Waals surface area contributed by atoms with Gasteiger partial charge in [0, 0.05) is 15.7 Å². The maximum Gasteiger partial charge on any atom is 0.0713 e. The molecule has 4 aromatic carbocycles. The summed E-state index contributed by atoms with van der Waals surface area (Å²) in [4.78, 5) is 0.0596. The van der Waals surface area contributed by atoms with Gasteiger partial charge in [0.2, 0.25) is 0 Å². The molecular formula is C32H31BrO2. The SMILES string of the molecule is OCC(C[C@H](Br)[C@@H]1CC(c2ccccc2)(c2ccccc2)CO1)(c1ccccc1)c1ccccc1. The van der Waals surface area contributed by atoms with Gasteiger partial charge in [-0.3, -0.25) is 0 Å². The Labute approximate surface area is 216 Å². The Kier molecular flexibility index (Phi) is 7.19. The van der Waals surface area contributed by atoms with Gasteiger partial charge in [-0.05, 0) is 35.1 Å². The Morgan fingerprint density at radius 3 is 1.60 bits per heavy atom. The molecule has 0 aliphatic carbocycles. The van der Waals surface area contributed by atoms with Crippen molar-refractivity contribution in [3.05, 3.63) is 144 Å². The lowest BCUT2D eigenvalue weighted by Crippen LogP contribution is -2.38.